The van der Waals surface area contributed by atoms with Crippen molar-refractivity contribution in [3.8, 4) is 5.75 Å². The highest BCUT2D eigenvalue weighted by Gasteiger charge is 2.17. The number of aromatic nitrogens is 1. The van der Waals surface area contributed by atoms with Crippen molar-refractivity contribution >= 4 is 16.9 Å². The zero-order valence-corrected chi connectivity index (χ0v) is 14.9. The molecule has 1 N–H and O–H groups in total. The zero-order chi connectivity index (χ0) is 18.0. The second-order valence-corrected chi connectivity index (χ2v) is 6.12. The van der Waals surface area contributed by atoms with Gasteiger partial charge in [0.15, 0.2) is 11.3 Å². The summed E-state index contributed by atoms with van der Waals surface area (Å²) in [6.45, 7) is 5.64. The molecule has 132 valence electrons. The Hall–Kier alpha value is -2.76. The fourth-order valence-corrected chi connectivity index (χ4v) is 2.91. The predicted molar refractivity (Wildman–Crippen MR) is 93.6 cm³/mol. The molecule has 1 amide bonds. The van der Waals surface area contributed by atoms with Crippen LogP contribution in [0.2, 0.25) is 0 Å². The van der Waals surface area contributed by atoms with Crippen LogP contribution in [0.3, 0.4) is 0 Å². The number of carbonyl (C=O) groups is 1. The minimum atomic E-state index is -0.228. The molecule has 0 aliphatic carbocycles. The fraction of sp³-hybridized carbons (Fsp3) is 0.368. The molecule has 2 heterocycles. The number of nitrogens with one attached hydrogen (secondary N) is 1. The summed E-state index contributed by atoms with van der Waals surface area (Å²) >= 11 is 0. The maximum absolute atomic E-state index is 12.3. The molecule has 0 saturated heterocycles. The Labute approximate surface area is 146 Å². The van der Waals surface area contributed by atoms with Gasteiger partial charge >= 0.3 is 0 Å². The van der Waals surface area contributed by atoms with Crippen molar-refractivity contribution in [2.75, 3.05) is 7.11 Å². The molecule has 3 aromatic rings. The summed E-state index contributed by atoms with van der Waals surface area (Å²) in [5.41, 5.74) is 2.52. The lowest BCUT2D eigenvalue weighted by Gasteiger charge is -2.11. The average molecular weight is 342 g/mol. The Kier molecular flexibility index (Phi) is 4.79. The van der Waals surface area contributed by atoms with E-state index in [1.165, 1.54) is 0 Å². The van der Waals surface area contributed by atoms with Crippen molar-refractivity contribution in [3.63, 3.8) is 0 Å². The van der Waals surface area contributed by atoms with Crippen molar-refractivity contribution in [1.29, 1.82) is 0 Å². The van der Waals surface area contributed by atoms with Crippen LogP contribution in [-0.4, -0.2) is 18.2 Å². The van der Waals surface area contributed by atoms with Gasteiger partial charge in [0.05, 0.1) is 18.8 Å². The van der Waals surface area contributed by atoms with E-state index < -0.39 is 0 Å². The number of para-hydroxylation sites is 1. The molecule has 2 aromatic heterocycles. The fourth-order valence-electron chi connectivity index (χ4n) is 2.91. The normalized spacial score (nSPS) is 12.3. The van der Waals surface area contributed by atoms with E-state index in [1.807, 2.05) is 45.0 Å². The SMILES string of the molecule is COc1cccc2cc([C@H](C)NC(=O)CCc3c(C)noc3C)oc12. The van der Waals surface area contributed by atoms with Crippen LogP contribution in [0.25, 0.3) is 11.0 Å². The Morgan fingerprint density at radius 2 is 2.16 bits per heavy atom. The van der Waals surface area contributed by atoms with Crippen LogP contribution in [0.1, 0.15) is 42.2 Å². The molecule has 0 aliphatic heterocycles. The maximum Gasteiger partial charge on any atom is 0.220 e. The molecule has 25 heavy (non-hydrogen) atoms. The number of hydrogen-bond donors (Lipinski definition) is 1. The maximum atomic E-state index is 12.3. The third-order valence-electron chi connectivity index (χ3n) is 4.33. The molecular weight excluding hydrogens is 320 g/mol. The molecule has 0 unspecified atom stereocenters. The minimum absolute atomic E-state index is 0.0417. The highest BCUT2D eigenvalue weighted by atomic mass is 16.5. The van der Waals surface area contributed by atoms with E-state index >= 15 is 0 Å². The lowest BCUT2D eigenvalue weighted by Crippen LogP contribution is -2.26. The first kappa shape index (κ1) is 17.1. The second-order valence-electron chi connectivity index (χ2n) is 6.12. The summed E-state index contributed by atoms with van der Waals surface area (Å²) in [6.07, 6.45) is 0.977. The third kappa shape index (κ3) is 3.52. The molecule has 1 aromatic carbocycles. The minimum Gasteiger partial charge on any atom is -0.493 e. The summed E-state index contributed by atoms with van der Waals surface area (Å²) < 4.78 is 16.3. The van der Waals surface area contributed by atoms with E-state index in [-0.39, 0.29) is 11.9 Å². The van der Waals surface area contributed by atoms with Gasteiger partial charge in [-0.15, -0.1) is 0 Å². The molecule has 3 rings (SSSR count). The lowest BCUT2D eigenvalue weighted by molar-refractivity contribution is -0.121. The van der Waals surface area contributed by atoms with Gasteiger partial charge in [-0.25, -0.2) is 0 Å². The number of carbonyl (C=O) groups excluding carboxylic acids is 1. The summed E-state index contributed by atoms with van der Waals surface area (Å²) in [7, 11) is 1.61. The van der Waals surface area contributed by atoms with Crippen molar-refractivity contribution in [2.24, 2.45) is 0 Å². The van der Waals surface area contributed by atoms with Gasteiger partial charge in [0, 0.05) is 17.4 Å². The highest BCUT2D eigenvalue weighted by molar-refractivity contribution is 5.84. The van der Waals surface area contributed by atoms with Crippen LogP contribution < -0.4 is 10.1 Å². The van der Waals surface area contributed by atoms with Gasteiger partial charge in [0.1, 0.15) is 11.5 Å². The molecule has 6 nitrogen and oxygen atoms in total. The van der Waals surface area contributed by atoms with Gasteiger partial charge in [0.2, 0.25) is 5.91 Å². The number of rotatable bonds is 6. The largest absolute Gasteiger partial charge is 0.493 e. The van der Waals surface area contributed by atoms with Crippen LogP contribution in [0.5, 0.6) is 5.75 Å². The summed E-state index contributed by atoms with van der Waals surface area (Å²) in [5.74, 6) is 2.11. The molecule has 1 atom stereocenters. The smallest absolute Gasteiger partial charge is 0.220 e. The average Bonchev–Trinajstić information content (AvgIpc) is 3.16. The van der Waals surface area contributed by atoms with Crippen LogP contribution >= 0.6 is 0 Å². The molecule has 0 spiro atoms. The Bertz CT molecular complexity index is 875. The molecule has 6 heteroatoms. The zero-order valence-electron chi connectivity index (χ0n) is 14.9. The lowest BCUT2D eigenvalue weighted by atomic mass is 10.1. The van der Waals surface area contributed by atoms with Gasteiger partial charge < -0.3 is 19.0 Å². The van der Waals surface area contributed by atoms with E-state index in [4.69, 9.17) is 13.7 Å². The molecule has 0 fully saturated rings. The third-order valence-corrected chi connectivity index (χ3v) is 4.33. The standard InChI is InChI=1S/C19H22N2O4/c1-11-15(13(3)25-21-11)8-9-18(22)20-12(2)17-10-14-6-5-7-16(23-4)19(14)24-17/h5-7,10,12H,8-9H2,1-4H3,(H,20,22)/t12-/m0/s1. The monoisotopic (exact) mass is 342 g/mol. The first-order valence-electron chi connectivity index (χ1n) is 8.27. The highest BCUT2D eigenvalue weighted by Crippen LogP contribution is 2.30. The number of methoxy groups -OCH3 is 1. The van der Waals surface area contributed by atoms with Crippen molar-refractivity contribution in [3.05, 3.63) is 47.0 Å². The second kappa shape index (κ2) is 7.01. The van der Waals surface area contributed by atoms with Crippen LogP contribution in [-0.2, 0) is 11.2 Å². The van der Waals surface area contributed by atoms with Gasteiger partial charge in [-0.2, -0.15) is 0 Å². The number of hydrogen-bond acceptors (Lipinski definition) is 5. The summed E-state index contributed by atoms with van der Waals surface area (Å²) in [5, 5.41) is 7.83. The molecule has 0 saturated carbocycles. The van der Waals surface area contributed by atoms with E-state index in [9.17, 15) is 4.79 Å². The van der Waals surface area contributed by atoms with Crippen LogP contribution in [0, 0.1) is 13.8 Å². The predicted octanol–water partition coefficient (Wildman–Crippen LogP) is 3.86. The number of benzene rings is 1. The van der Waals surface area contributed by atoms with Gasteiger partial charge in [-0.1, -0.05) is 17.3 Å². The molecular formula is C19H22N2O4. The number of fused-ring (bicyclic) bond motifs is 1. The van der Waals surface area contributed by atoms with Gasteiger partial charge in [-0.3, -0.25) is 4.79 Å². The first-order valence-corrected chi connectivity index (χ1v) is 8.27. The van der Waals surface area contributed by atoms with Crippen LogP contribution in [0.15, 0.2) is 33.2 Å². The number of aryl methyl sites for hydroxylation is 2. The molecule has 0 radical (unpaired) electrons. The number of amides is 1. The van der Waals surface area contributed by atoms with Crippen LogP contribution in [0.4, 0.5) is 0 Å². The Morgan fingerprint density at radius 1 is 1.36 bits per heavy atom. The molecule has 0 bridgehead atoms. The summed E-state index contributed by atoms with van der Waals surface area (Å²) in [6, 6.07) is 7.42. The number of ether oxygens (including phenoxy) is 1. The van der Waals surface area contributed by atoms with E-state index in [0.29, 0.717) is 29.9 Å². The van der Waals surface area contributed by atoms with E-state index in [2.05, 4.69) is 10.5 Å². The van der Waals surface area contributed by atoms with E-state index in [1.54, 1.807) is 7.11 Å². The quantitative estimate of drug-likeness (QED) is 0.736. The molecule has 0 aliphatic rings. The number of nitrogens with zero attached hydrogens (tertiary/aromatic N) is 1. The van der Waals surface area contributed by atoms with Crippen molar-refractivity contribution in [1.82, 2.24) is 10.5 Å². The van der Waals surface area contributed by atoms with E-state index in [0.717, 1.165) is 22.4 Å². The topological polar surface area (TPSA) is 77.5 Å². The van der Waals surface area contributed by atoms with Gasteiger partial charge in [-0.05, 0) is 39.3 Å². The number of furan rings is 1. The van der Waals surface area contributed by atoms with Gasteiger partial charge in [0.25, 0.3) is 0 Å². The Balaban J connectivity index is 1.65. The first-order chi connectivity index (χ1) is 12.0. The van der Waals surface area contributed by atoms with Crippen molar-refractivity contribution in [2.45, 2.75) is 39.7 Å². The van der Waals surface area contributed by atoms with Crippen molar-refractivity contribution < 1.29 is 18.5 Å². The summed E-state index contributed by atoms with van der Waals surface area (Å²) in [4.78, 5) is 12.3. The Morgan fingerprint density at radius 3 is 2.84 bits per heavy atom.